The molecule has 3 rings (SSSR count). The molecule has 0 radical (unpaired) electrons. The van der Waals surface area contributed by atoms with Crippen LogP contribution in [0.3, 0.4) is 0 Å². The van der Waals surface area contributed by atoms with Crippen molar-refractivity contribution in [1.29, 1.82) is 0 Å². The summed E-state index contributed by atoms with van der Waals surface area (Å²) in [5.74, 6) is 1.76. The number of piperidine rings is 1. The molecule has 1 aromatic carbocycles. The van der Waals surface area contributed by atoms with E-state index in [0.29, 0.717) is 6.04 Å². The SMILES string of the molecule is CC(C)N1CCC(COc2ccc3c(c2)CNC3)CC1. The minimum atomic E-state index is 0.682. The largest absolute Gasteiger partial charge is 0.493 e. The molecule has 3 nitrogen and oxygen atoms in total. The van der Waals surface area contributed by atoms with Crippen LogP contribution < -0.4 is 10.1 Å². The Morgan fingerprint density at radius 1 is 1.20 bits per heavy atom. The van der Waals surface area contributed by atoms with E-state index in [4.69, 9.17) is 4.74 Å². The van der Waals surface area contributed by atoms with Gasteiger partial charge in [0.2, 0.25) is 0 Å². The van der Waals surface area contributed by atoms with Gasteiger partial charge in [-0.3, -0.25) is 0 Å². The van der Waals surface area contributed by atoms with Gasteiger partial charge >= 0.3 is 0 Å². The number of likely N-dealkylation sites (tertiary alicyclic amines) is 1. The summed E-state index contributed by atoms with van der Waals surface area (Å²) in [6.07, 6.45) is 2.54. The van der Waals surface area contributed by atoms with Gasteiger partial charge in [-0.05, 0) is 69.0 Å². The van der Waals surface area contributed by atoms with Gasteiger partial charge in [0.15, 0.2) is 0 Å². The number of nitrogens with zero attached hydrogens (tertiary/aromatic N) is 1. The maximum absolute atomic E-state index is 6.02. The van der Waals surface area contributed by atoms with E-state index in [1.54, 1.807) is 0 Å². The lowest BCUT2D eigenvalue weighted by atomic mass is 9.97. The maximum atomic E-state index is 6.02. The molecule has 0 bridgehead atoms. The number of hydrogen-bond donors (Lipinski definition) is 1. The summed E-state index contributed by atoms with van der Waals surface area (Å²) >= 11 is 0. The molecule has 1 saturated heterocycles. The van der Waals surface area contributed by atoms with Gasteiger partial charge in [0.1, 0.15) is 5.75 Å². The van der Waals surface area contributed by atoms with Gasteiger partial charge in [0.25, 0.3) is 0 Å². The Hall–Kier alpha value is -1.06. The van der Waals surface area contributed by atoms with Crippen molar-refractivity contribution in [2.75, 3.05) is 19.7 Å². The summed E-state index contributed by atoms with van der Waals surface area (Å²) < 4.78 is 6.02. The second-order valence-corrected chi connectivity index (χ2v) is 6.42. The summed E-state index contributed by atoms with van der Waals surface area (Å²) in [7, 11) is 0. The van der Waals surface area contributed by atoms with Crippen molar-refractivity contribution in [2.45, 2.75) is 45.8 Å². The molecule has 110 valence electrons. The molecule has 0 saturated carbocycles. The van der Waals surface area contributed by atoms with E-state index >= 15 is 0 Å². The second kappa shape index (κ2) is 6.15. The first-order valence-electron chi connectivity index (χ1n) is 7.92. The van der Waals surface area contributed by atoms with Crippen LogP contribution in [0.25, 0.3) is 0 Å². The lowest BCUT2D eigenvalue weighted by Crippen LogP contribution is -2.39. The van der Waals surface area contributed by atoms with Crippen molar-refractivity contribution in [3.05, 3.63) is 29.3 Å². The third kappa shape index (κ3) is 3.15. The van der Waals surface area contributed by atoms with E-state index in [9.17, 15) is 0 Å². The molecule has 20 heavy (non-hydrogen) atoms. The minimum absolute atomic E-state index is 0.682. The molecule has 0 aliphatic carbocycles. The van der Waals surface area contributed by atoms with Crippen LogP contribution in [0, 0.1) is 5.92 Å². The molecule has 2 aliphatic rings. The lowest BCUT2D eigenvalue weighted by Gasteiger charge is -2.34. The summed E-state index contributed by atoms with van der Waals surface area (Å²) in [4.78, 5) is 2.57. The number of hydrogen-bond acceptors (Lipinski definition) is 3. The molecule has 1 aromatic rings. The minimum Gasteiger partial charge on any atom is -0.493 e. The first kappa shape index (κ1) is 13.9. The summed E-state index contributed by atoms with van der Waals surface area (Å²) in [5, 5.41) is 3.37. The molecule has 0 amide bonds. The molecule has 0 atom stereocenters. The Kier molecular flexibility index (Phi) is 4.27. The number of benzene rings is 1. The van der Waals surface area contributed by atoms with Crippen molar-refractivity contribution in [1.82, 2.24) is 10.2 Å². The van der Waals surface area contributed by atoms with Crippen LogP contribution in [-0.4, -0.2) is 30.6 Å². The average molecular weight is 274 g/mol. The van der Waals surface area contributed by atoms with Crippen LogP contribution in [0.2, 0.25) is 0 Å². The van der Waals surface area contributed by atoms with E-state index in [2.05, 4.69) is 42.3 Å². The van der Waals surface area contributed by atoms with E-state index in [0.717, 1.165) is 31.4 Å². The maximum Gasteiger partial charge on any atom is 0.119 e. The van der Waals surface area contributed by atoms with Crippen molar-refractivity contribution < 1.29 is 4.74 Å². The van der Waals surface area contributed by atoms with Gasteiger partial charge < -0.3 is 15.0 Å². The molecule has 2 aliphatic heterocycles. The first-order valence-corrected chi connectivity index (χ1v) is 7.92. The van der Waals surface area contributed by atoms with Crippen LogP contribution in [-0.2, 0) is 13.1 Å². The third-order valence-electron chi connectivity index (χ3n) is 4.67. The summed E-state index contributed by atoms with van der Waals surface area (Å²) in [6, 6.07) is 7.21. The molecule has 2 heterocycles. The van der Waals surface area contributed by atoms with Crippen molar-refractivity contribution in [3.8, 4) is 5.75 Å². The molecule has 0 spiro atoms. The predicted molar refractivity (Wildman–Crippen MR) is 81.9 cm³/mol. The monoisotopic (exact) mass is 274 g/mol. The van der Waals surface area contributed by atoms with Gasteiger partial charge in [0, 0.05) is 19.1 Å². The highest BCUT2D eigenvalue weighted by Gasteiger charge is 2.21. The Balaban J connectivity index is 1.48. The van der Waals surface area contributed by atoms with E-state index in [1.807, 2.05) is 0 Å². The Morgan fingerprint density at radius 3 is 2.70 bits per heavy atom. The molecular formula is C17H26N2O. The van der Waals surface area contributed by atoms with Gasteiger partial charge in [-0.25, -0.2) is 0 Å². The normalized spacial score (nSPS) is 20.4. The second-order valence-electron chi connectivity index (χ2n) is 6.42. The molecular weight excluding hydrogens is 248 g/mol. The molecule has 0 aromatic heterocycles. The topological polar surface area (TPSA) is 24.5 Å². The number of nitrogens with one attached hydrogen (secondary N) is 1. The van der Waals surface area contributed by atoms with Gasteiger partial charge in [-0.15, -0.1) is 0 Å². The van der Waals surface area contributed by atoms with Crippen molar-refractivity contribution in [3.63, 3.8) is 0 Å². The van der Waals surface area contributed by atoms with E-state index in [-0.39, 0.29) is 0 Å². The van der Waals surface area contributed by atoms with Crippen LogP contribution in [0.1, 0.15) is 37.8 Å². The molecule has 1 fully saturated rings. The number of fused-ring (bicyclic) bond motifs is 1. The van der Waals surface area contributed by atoms with Crippen molar-refractivity contribution >= 4 is 0 Å². The average Bonchev–Trinajstić information content (AvgIpc) is 2.93. The highest BCUT2D eigenvalue weighted by molar-refractivity contribution is 5.37. The standard InChI is InChI=1S/C17H26N2O/c1-13(2)19-7-5-14(6-8-19)12-20-17-4-3-15-10-18-11-16(15)9-17/h3-4,9,13-14,18H,5-8,10-12H2,1-2H3. The van der Waals surface area contributed by atoms with Crippen LogP contribution in [0.15, 0.2) is 18.2 Å². The quantitative estimate of drug-likeness (QED) is 0.913. The molecule has 1 N–H and O–H groups in total. The highest BCUT2D eigenvalue weighted by Crippen LogP contribution is 2.24. The third-order valence-corrected chi connectivity index (χ3v) is 4.67. The zero-order valence-corrected chi connectivity index (χ0v) is 12.7. The smallest absolute Gasteiger partial charge is 0.119 e. The summed E-state index contributed by atoms with van der Waals surface area (Å²) in [5.41, 5.74) is 2.82. The van der Waals surface area contributed by atoms with E-state index < -0.39 is 0 Å². The van der Waals surface area contributed by atoms with Crippen LogP contribution in [0.5, 0.6) is 5.75 Å². The van der Waals surface area contributed by atoms with Crippen LogP contribution >= 0.6 is 0 Å². The Morgan fingerprint density at radius 2 is 1.95 bits per heavy atom. The fourth-order valence-corrected chi connectivity index (χ4v) is 3.21. The van der Waals surface area contributed by atoms with Gasteiger partial charge in [-0.2, -0.15) is 0 Å². The van der Waals surface area contributed by atoms with Gasteiger partial charge in [0.05, 0.1) is 6.61 Å². The molecule has 0 unspecified atom stereocenters. The van der Waals surface area contributed by atoms with Crippen molar-refractivity contribution in [2.24, 2.45) is 5.92 Å². The van der Waals surface area contributed by atoms with Gasteiger partial charge in [-0.1, -0.05) is 6.07 Å². The zero-order chi connectivity index (χ0) is 13.9. The number of ether oxygens (including phenoxy) is 1. The van der Waals surface area contributed by atoms with Crippen LogP contribution in [0.4, 0.5) is 0 Å². The summed E-state index contributed by atoms with van der Waals surface area (Å²) in [6.45, 7) is 9.88. The highest BCUT2D eigenvalue weighted by atomic mass is 16.5. The Labute approximate surface area is 122 Å². The van der Waals surface area contributed by atoms with E-state index in [1.165, 1.54) is 37.1 Å². The Bertz CT molecular complexity index is 450. The first-order chi connectivity index (χ1) is 9.72. The fraction of sp³-hybridized carbons (Fsp3) is 0.647. The lowest BCUT2D eigenvalue weighted by molar-refractivity contribution is 0.119. The fourth-order valence-electron chi connectivity index (χ4n) is 3.21. The zero-order valence-electron chi connectivity index (χ0n) is 12.7. The molecule has 3 heteroatoms. The number of rotatable bonds is 4. The predicted octanol–water partition coefficient (Wildman–Crippen LogP) is 2.79.